The van der Waals surface area contributed by atoms with Gasteiger partial charge in [0.2, 0.25) is 0 Å². The predicted molar refractivity (Wildman–Crippen MR) is 138 cm³/mol. The monoisotopic (exact) mass is 582 g/mol. The first kappa shape index (κ1) is 27.0. The highest BCUT2D eigenvalue weighted by Crippen LogP contribution is 2.42. The van der Waals surface area contributed by atoms with E-state index in [1.165, 1.54) is 10.8 Å². The van der Waals surface area contributed by atoms with E-state index in [0.717, 1.165) is 0 Å². The van der Waals surface area contributed by atoms with Crippen LogP contribution < -0.4 is 11.2 Å². The smallest absolute Gasteiger partial charge is 0.330 e. The molecule has 3 atom stereocenters. The van der Waals surface area contributed by atoms with Crippen LogP contribution in [-0.4, -0.2) is 45.0 Å². The molecule has 0 aromatic carbocycles. The lowest BCUT2D eigenvalue weighted by atomic mass is 10.2. The molecule has 2 rings (SSSR count). The number of rotatable bonds is 6. The lowest BCUT2D eigenvalue weighted by Crippen LogP contribution is -2.48. The maximum Gasteiger partial charge on any atom is 0.330 e. The molecule has 1 unspecified atom stereocenters. The summed E-state index contributed by atoms with van der Waals surface area (Å²) in [7, 11) is -4.08. The van der Waals surface area contributed by atoms with Crippen LogP contribution in [0.3, 0.4) is 0 Å². The van der Waals surface area contributed by atoms with Gasteiger partial charge in [0.1, 0.15) is 12.3 Å². The van der Waals surface area contributed by atoms with Gasteiger partial charge in [0.25, 0.3) is 5.56 Å². The van der Waals surface area contributed by atoms with E-state index in [0.29, 0.717) is 16.6 Å². The molecule has 0 aliphatic carbocycles. The fourth-order valence-electron chi connectivity index (χ4n) is 2.92. The fourth-order valence-corrected chi connectivity index (χ4v) is 5.71. The number of aromatic nitrogens is 2. The number of nitrogens with one attached hydrogen (secondary N) is 1. The van der Waals surface area contributed by atoms with Gasteiger partial charge in [0.15, 0.2) is 16.6 Å². The van der Waals surface area contributed by atoms with E-state index in [4.69, 9.17) is 13.6 Å². The van der Waals surface area contributed by atoms with Gasteiger partial charge in [-0.2, -0.15) is 0 Å². The van der Waals surface area contributed by atoms with E-state index in [-0.39, 0.29) is 27.8 Å². The van der Waals surface area contributed by atoms with Gasteiger partial charge >= 0.3 is 5.69 Å². The second-order valence-corrected chi connectivity index (χ2v) is 22.2. The van der Waals surface area contributed by atoms with Crippen molar-refractivity contribution in [2.75, 3.05) is 6.61 Å². The molecule has 7 nitrogen and oxygen atoms in total. The van der Waals surface area contributed by atoms with Gasteiger partial charge in [-0.25, -0.2) is 9.36 Å². The van der Waals surface area contributed by atoms with Crippen LogP contribution in [0.4, 0.5) is 0 Å². The SMILES string of the molecule is CC(C)(C)[Si](C)(C)OC[C@H]1O[C@@H](n2c(=O)[nH]cc(I)c2=O)CC1O[Si](C)(C)C(C)(C)C. The van der Waals surface area contributed by atoms with Crippen molar-refractivity contribution in [3.63, 3.8) is 0 Å². The van der Waals surface area contributed by atoms with Gasteiger partial charge < -0.3 is 18.6 Å². The minimum atomic E-state index is -2.09. The Labute approximate surface area is 201 Å². The minimum absolute atomic E-state index is 0.0341. The molecule has 1 aliphatic heterocycles. The Hall–Kier alpha value is -0.276. The van der Waals surface area contributed by atoms with E-state index in [9.17, 15) is 9.59 Å². The summed E-state index contributed by atoms with van der Waals surface area (Å²) in [5.74, 6) is 0. The van der Waals surface area contributed by atoms with Crippen molar-refractivity contribution in [3.8, 4) is 0 Å². The first-order valence-corrected chi connectivity index (χ1v) is 17.7. The van der Waals surface area contributed by atoms with Gasteiger partial charge in [0, 0.05) is 12.6 Å². The van der Waals surface area contributed by atoms with Crippen LogP contribution in [0.25, 0.3) is 0 Å². The van der Waals surface area contributed by atoms with Crippen molar-refractivity contribution in [3.05, 3.63) is 30.6 Å². The molecule has 0 bridgehead atoms. The summed E-state index contributed by atoms with van der Waals surface area (Å²) in [6.07, 6.45) is 0.630. The van der Waals surface area contributed by atoms with Crippen molar-refractivity contribution in [2.45, 2.75) is 103 Å². The number of aromatic amines is 1. The standard InChI is InChI=1S/C21H39IN2O5Si2/c1-20(2,3)30(7,8)27-13-16-15(29-31(9,10)21(4,5)6)11-17(28-16)24-18(25)14(22)12-23-19(24)26/h12,15-17H,11,13H2,1-10H3,(H,23,26)/t15?,16-,17-/m1/s1. The Morgan fingerprint density at radius 2 is 1.65 bits per heavy atom. The molecule has 1 saturated heterocycles. The molecular formula is C21H39IN2O5Si2. The lowest BCUT2D eigenvalue weighted by molar-refractivity contribution is -0.0423. The number of halogens is 1. The highest BCUT2D eigenvalue weighted by atomic mass is 127. The van der Waals surface area contributed by atoms with Gasteiger partial charge in [-0.3, -0.25) is 4.79 Å². The highest BCUT2D eigenvalue weighted by Gasteiger charge is 2.47. The summed E-state index contributed by atoms with van der Waals surface area (Å²) in [5.41, 5.74) is -0.807. The van der Waals surface area contributed by atoms with Crippen LogP contribution in [0, 0.1) is 3.57 Å². The zero-order valence-corrected chi connectivity index (χ0v) is 24.7. The van der Waals surface area contributed by atoms with Crippen LogP contribution in [0.1, 0.15) is 54.2 Å². The molecule has 178 valence electrons. The summed E-state index contributed by atoms with van der Waals surface area (Å²) in [5, 5.41) is 0.108. The Kier molecular flexibility index (Phi) is 7.98. The predicted octanol–water partition coefficient (Wildman–Crippen LogP) is 4.84. The summed E-state index contributed by atoms with van der Waals surface area (Å²) >= 11 is 1.93. The molecule has 0 spiro atoms. The summed E-state index contributed by atoms with van der Waals surface area (Å²) < 4.78 is 21.1. The van der Waals surface area contributed by atoms with Crippen LogP contribution in [0.2, 0.25) is 36.3 Å². The molecule has 2 heterocycles. The number of hydrogen-bond acceptors (Lipinski definition) is 5. The van der Waals surface area contributed by atoms with Crippen molar-refractivity contribution in [1.29, 1.82) is 0 Å². The lowest BCUT2D eigenvalue weighted by Gasteiger charge is -2.40. The average molecular weight is 583 g/mol. The average Bonchev–Trinajstić information content (AvgIpc) is 2.96. The van der Waals surface area contributed by atoms with E-state index < -0.39 is 28.6 Å². The van der Waals surface area contributed by atoms with E-state index in [1.807, 2.05) is 22.6 Å². The molecule has 1 aromatic heterocycles. The van der Waals surface area contributed by atoms with Gasteiger partial charge in [-0.15, -0.1) is 0 Å². The van der Waals surface area contributed by atoms with Crippen LogP contribution in [0.15, 0.2) is 15.8 Å². The van der Waals surface area contributed by atoms with Crippen LogP contribution >= 0.6 is 22.6 Å². The fraction of sp³-hybridized carbons (Fsp3) is 0.810. The highest BCUT2D eigenvalue weighted by molar-refractivity contribution is 14.1. The molecule has 0 saturated carbocycles. The maximum atomic E-state index is 12.7. The van der Waals surface area contributed by atoms with Crippen molar-refractivity contribution >= 4 is 39.2 Å². The summed E-state index contributed by atoms with van der Waals surface area (Å²) in [6, 6.07) is 0. The van der Waals surface area contributed by atoms with E-state index >= 15 is 0 Å². The zero-order valence-electron chi connectivity index (χ0n) is 20.6. The molecule has 0 radical (unpaired) electrons. The second-order valence-electron chi connectivity index (χ2n) is 11.5. The van der Waals surface area contributed by atoms with Crippen LogP contribution in [-0.2, 0) is 13.6 Å². The zero-order chi connectivity index (χ0) is 24.0. The Morgan fingerprint density at radius 3 is 2.16 bits per heavy atom. The van der Waals surface area contributed by atoms with Crippen LogP contribution in [0.5, 0.6) is 0 Å². The number of ether oxygens (including phenoxy) is 1. The molecule has 1 aliphatic rings. The Balaban J connectivity index is 2.35. The van der Waals surface area contributed by atoms with E-state index in [2.05, 4.69) is 72.7 Å². The number of H-pyrrole nitrogens is 1. The normalized spacial score (nSPS) is 23.4. The topological polar surface area (TPSA) is 82.5 Å². The molecular weight excluding hydrogens is 543 g/mol. The first-order valence-electron chi connectivity index (χ1n) is 10.8. The maximum absolute atomic E-state index is 12.7. The third kappa shape index (κ3) is 6.00. The number of hydrogen-bond donors (Lipinski definition) is 1. The summed E-state index contributed by atoms with van der Waals surface area (Å²) in [4.78, 5) is 27.8. The van der Waals surface area contributed by atoms with Gasteiger partial charge in [0.05, 0.1) is 16.3 Å². The van der Waals surface area contributed by atoms with Crippen molar-refractivity contribution < 1.29 is 13.6 Å². The third-order valence-electron chi connectivity index (χ3n) is 7.10. The third-order valence-corrected chi connectivity index (χ3v) is 16.9. The largest absolute Gasteiger partial charge is 0.414 e. The van der Waals surface area contributed by atoms with Gasteiger partial charge in [-0.1, -0.05) is 41.5 Å². The van der Waals surface area contributed by atoms with E-state index in [1.54, 1.807) is 0 Å². The molecule has 31 heavy (non-hydrogen) atoms. The van der Waals surface area contributed by atoms with Gasteiger partial charge in [-0.05, 0) is 58.9 Å². The van der Waals surface area contributed by atoms with Crippen molar-refractivity contribution in [2.24, 2.45) is 0 Å². The van der Waals surface area contributed by atoms with Crippen molar-refractivity contribution in [1.82, 2.24) is 9.55 Å². The minimum Gasteiger partial charge on any atom is -0.414 e. The molecule has 10 heteroatoms. The second kappa shape index (κ2) is 9.17. The summed E-state index contributed by atoms with van der Waals surface area (Å²) in [6.45, 7) is 22.4. The Morgan fingerprint density at radius 1 is 1.10 bits per heavy atom. The Bertz CT molecular complexity index is 899. The quantitative estimate of drug-likeness (QED) is 0.384. The molecule has 1 N–H and O–H groups in total. The first-order chi connectivity index (χ1) is 13.9. The molecule has 1 aromatic rings. The molecule has 1 fully saturated rings. The molecule has 0 amide bonds. The number of nitrogens with zero attached hydrogens (tertiary/aromatic N) is 1.